The Labute approximate surface area is 114 Å². The van der Waals surface area contributed by atoms with E-state index in [-0.39, 0.29) is 18.0 Å². The van der Waals surface area contributed by atoms with Gasteiger partial charge in [0.15, 0.2) is 0 Å². The fraction of sp³-hybridized carbons (Fsp3) is 0.571. The lowest BCUT2D eigenvalue weighted by Crippen LogP contribution is -2.49. The van der Waals surface area contributed by atoms with E-state index in [1.54, 1.807) is 6.20 Å². The summed E-state index contributed by atoms with van der Waals surface area (Å²) in [7, 11) is 0. The summed E-state index contributed by atoms with van der Waals surface area (Å²) in [6.07, 6.45) is 3.57. The van der Waals surface area contributed by atoms with E-state index in [1.165, 1.54) is 0 Å². The molecule has 2 rings (SSSR count). The van der Waals surface area contributed by atoms with Gasteiger partial charge >= 0.3 is 0 Å². The zero-order valence-corrected chi connectivity index (χ0v) is 11.5. The highest BCUT2D eigenvalue weighted by atomic mass is 16.5. The monoisotopic (exact) mass is 263 g/mol. The van der Waals surface area contributed by atoms with Crippen LogP contribution >= 0.6 is 0 Å². The molecule has 19 heavy (non-hydrogen) atoms. The van der Waals surface area contributed by atoms with Crippen molar-refractivity contribution in [2.45, 2.75) is 25.9 Å². The SMILES string of the molecule is CC(N[C@@H](C)c1cccnc1)C(=O)N1CCOCC1. The van der Waals surface area contributed by atoms with Crippen LogP contribution in [0.25, 0.3) is 0 Å². The van der Waals surface area contributed by atoms with Crippen LogP contribution in [-0.4, -0.2) is 48.1 Å². The Morgan fingerprint density at radius 1 is 1.42 bits per heavy atom. The minimum absolute atomic E-state index is 0.105. The Kier molecular flexibility index (Phi) is 4.87. The third-order valence-electron chi connectivity index (χ3n) is 3.38. The molecule has 104 valence electrons. The second-order valence-electron chi connectivity index (χ2n) is 4.83. The van der Waals surface area contributed by atoms with Crippen LogP contribution in [0.15, 0.2) is 24.5 Å². The summed E-state index contributed by atoms with van der Waals surface area (Å²) in [6.45, 7) is 6.59. The zero-order valence-electron chi connectivity index (χ0n) is 11.5. The van der Waals surface area contributed by atoms with Crippen molar-refractivity contribution in [3.05, 3.63) is 30.1 Å². The van der Waals surface area contributed by atoms with Crippen molar-refractivity contribution in [3.8, 4) is 0 Å². The molecule has 0 radical (unpaired) electrons. The first-order valence-electron chi connectivity index (χ1n) is 6.71. The summed E-state index contributed by atoms with van der Waals surface area (Å²) < 4.78 is 5.26. The van der Waals surface area contributed by atoms with E-state index in [1.807, 2.05) is 37.1 Å². The van der Waals surface area contributed by atoms with Gasteiger partial charge in [-0.2, -0.15) is 0 Å². The molecule has 2 atom stereocenters. The quantitative estimate of drug-likeness (QED) is 0.880. The number of hydrogen-bond acceptors (Lipinski definition) is 4. The predicted octanol–water partition coefficient (Wildman–Crippen LogP) is 0.979. The van der Waals surface area contributed by atoms with E-state index >= 15 is 0 Å². The molecular weight excluding hydrogens is 242 g/mol. The van der Waals surface area contributed by atoms with Crippen molar-refractivity contribution in [2.75, 3.05) is 26.3 Å². The van der Waals surface area contributed by atoms with Gasteiger partial charge in [0.25, 0.3) is 0 Å². The van der Waals surface area contributed by atoms with E-state index in [2.05, 4.69) is 10.3 Å². The Bertz CT molecular complexity index is 404. The van der Waals surface area contributed by atoms with Crippen LogP contribution in [0.3, 0.4) is 0 Å². The van der Waals surface area contributed by atoms with Crippen LogP contribution in [0.2, 0.25) is 0 Å². The number of amides is 1. The number of morpholine rings is 1. The highest BCUT2D eigenvalue weighted by molar-refractivity contribution is 5.81. The Balaban J connectivity index is 1.89. The highest BCUT2D eigenvalue weighted by Crippen LogP contribution is 2.11. The van der Waals surface area contributed by atoms with Crippen molar-refractivity contribution in [2.24, 2.45) is 0 Å². The van der Waals surface area contributed by atoms with Crippen molar-refractivity contribution in [3.63, 3.8) is 0 Å². The topological polar surface area (TPSA) is 54.5 Å². The molecule has 0 aromatic carbocycles. The summed E-state index contributed by atoms with van der Waals surface area (Å²) in [5.74, 6) is 0.138. The Morgan fingerprint density at radius 3 is 2.79 bits per heavy atom. The number of aromatic nitrogens is 1. The van der Waals surface area contributed by atoms with Crippen LogP contribution in [0.1, 0.15) is 25.5 Å². The molecule has 1 aromatic rings. The molecule has 1 aromatic heterocycles. The highest BCUT2D eigenvalue weighted by Gasteiger charge is 2.23. The molecule has 1 saturated heterocycles. The third-order valence-corrected chi connectivity index (χ3v) is 3.38. The van der Waals surface area contributed by atoms with Crippen molar-refractivity contribution >= 4 is 5.91 Å². The Hall–Kier alpha value is -1.46. The summed E-state index contributed by atoms with van der Waals surface area (Å²) in [4.78, 5) is 18.2. The maximum Gasteiger partial charge on any atom is 0.239 e. The third kappa shape index (κ3) is 3.75. The number of ether oxygens (including phenoxy) is 1. The number of nitrogens with one attached hydrogen (secondary N) is 1. The number of hydrogen-bond donors (Lipinski definition) is 1. The maximum atomic E-state index is 12.3. The molecule has 0 bridgehead atoms. The molecule has 1 fully saturated rings. The summed E-state index contributed by atoms with van der Waals surface area (Å²) in [6, 6.07) is 3.82. The second kappa shape index (κ2) is 6.63. The van der Waals surface area contributed by atoms with Crippen molar-refractivity contribution in [1.82, 2.24) is 15.2 Å². The zero-order chi connectivity index (χ0) is 13.7. The smallest absolute Gasteiger partial charge is 0.239 e. The molecule has 1 unspecified atom stereocenters. The van der Waals surface area contributed by atoms with Crippen LogP contribution < -0.4 is 5.32 Å². The van der Waals surface area contributed by atoms with Gasteiger partial charge in [-0.3, -0.25) is 15.1 Å². The molecule has 1 N–H and O–H groups in total. The van der Waals surface area contributed by atoms with Gasteiger partial charge in [0.1, 0.15) is 0 Å². The molecule has 1 aliphatic heterocycles. The Morgan fingerprint density at radius 2 is 2.16 bits per heavy atom. The number of pyridine rings is 1. The summed E-state index contributed by atoms with van der Waals surface area (Å²) in [5, 5.41) is 3.32. The first-order chi connectivity index (χ1) is 9.18. The number of carbonyl (C=O) groups excluding carboxylic acids is 1. The molecule has 0 saturated carbocycles. The average molecular weight is 263 g/mol. The number of rotatable bonds is 4. The molecule has 0 spiro atoms. The van der Waals surface area contributed by atoms with Gasteiger partial charge in [-0.1, -0.05) is 6.07 Å². The molecule has 5 nitrogen and oxygen atoms in total. The van der Waals surface area contributed by atoms with Crippen LogP contribution in [-0.2, 0) is 9.53 Å². The molecule has 1 amide bonds. The number of nitrogens with zero attached hydrogens (tertiary/aromatic N) is 2. The standard InChI is InChI=1S/C14H21N3O2/c1-11(13-4-3-5-15-10-13)16-12(2)14(18)17-6-8-19-9-7-17/h3-5,10-12,16H,6-9H2,1-2H3/t11-,12?/m0/s1. The largest absolute Gasteiger partial charge is 0.378 e. The molecule has 1 aliphatic rings. The molecule has 0 aliphatic carbocycles. The lowest BCUT2D eigenvalue weighted by molar-refractivity contribution is -0.137. The lowest BCUT2D eigenvalue weighted by atomic mass is 10.1. The summed E-state index contributed by atoms with van der Waals surface area (Å²) >= 11 is 0. The fourth-order valence-corrected chi connectivity index (χ4v) is 2.23. The minimum Gasteiger partial charge on any atom is -0.378 e. The van der Waals surface area contributed by atoms with E-state index < -0.39 is 0 Å². The van der Waals surface area contributed by atoms with Gasteiger partial charge < -0.3 is 9.64 Å². The van der Waals surface area contributed by atoms with Crippen molar-refractivity contribution < 1.29 is 9.53 Å². The van der Waals surface area contributed by atoms with E-state index in [0.717, 1.165) is 5.56 Å². The van der Waals surface area contributed by atoms with Gasteiger partial charge in [-0.15, -0.1) is 0 Å². The first kappa shape index (κ1) is 14.0. The molecular formula is C14H21N3O2. The average Bonchev–Trinajstić information content (AvgIpc) is 2.48. The van der Waals surface area contributed by atoms with Crippen molar-refractivity contribution in [1.29, 1.82) is 0 Å². The van der Waals surface area contributed by atoms with Gasteiger partial charge in [-0.25, -0.2) is 0 Å². The lowest BCUT2D eigenvalue weighted by Gasteiger charge is -2.30. The first-order valence-corrected chi connectivity index (χ1v) is 6.71. The van der Waals surface area contributed by atoms with Crippen LogP contribution in [0.5, 0.6) is 0 Å². The minimum atomic E-state index is -0.201. The number of carbonyl (C=O) groups is 1. The van der Waals surface area contributed by atoms with Crippen LogP contribution in [0, 0.1) is 0 Å². The predicted molar refractivity (Wildman–Crippen MR) is 72.6 cm³/mol. The maximum absolute atomic E-state index is 12.3. The van der Waals surface area contributed by atoms with E-state index in [0.29, 0.717) is 26.3 Å². The van der Waals surface area contributed by atoms with Crippen LogP contribution in [0.4, 0.5) is 0 Å². The van der Waals surface area contributed by atoms with Gasteiger partial charge in [0.2, 0.25) is 5.91 Å². The van der Waals surface area contributed by atoms with E-state index in [9.17, 15) is 4.79 Å². The van der Waals surface area contributed by atoms with Gasteiger partial charge in [0.05, 0.1) is 19.3 Å². The normalized spacial score (nSPS) is 18.9. The van der Waals surface area contributed by atoms with E-state index in [4.69, 9.17) is 4.74 Å². The van der Waals surface area contributed by atoms with Gasteiger partial charge in [-0.05, 0) is 25.5 Å². The summed E-state index contributed by atoms with van der Waals surface area (Å²) in [5.41, 5.74) is 1.09. The molecule has 5 heteroatoms. The second-order valence-corrected chi connectivity index (χ2v) is 4.83. The fourth-order valence-electron chi connectivity index (χ4n) is 2.23. The molecule has 2 heterocycles. The van der Waals surface area contributed by atoms with Gasteiger partial charge in [0, 0.05) is 31.5 Å².